The van der Waals surface area contributed by atoms with Crippen LogP contribution in [0.25, 0.3) is 0 Å². The first-order valence-electron chi connectivity index (χ1n) is 7.10. The molecule has 0 amide bonds. The molecule has 3 N–H and O–H groups in total. The highest BCUT2D eigenvalue weighted by molar-refractivity contribution is 7.89. The summed E-state index contributed by atoms with van der Waals surface area (Å²) >= 11 is 0. The molecule has 21 heavy (non-hydrogen) atoms. The van der Waals surface area contributed by atoms with Gasteiger partial charge in [0, 0.05) is 12.6 Å². The number of benzene rings is 1. The fraction of sp³-hybridized carbons (Fsp3) is 0.571. The number of nitrogen functional groups attached to an aromatic ring is 1. The average Bonchev–Trinajstić information content (AvgIpc) is 2.47. The Morgan fingerprint density at radius 2 is 1.95 bits per heavy atom. The van der Waals surface area contributed by atoms with Gasteiger partial charge in [0.2, 0.25) is 10.0 Å². The van der Waals surface area contributed by atoms with Crippen molar-refractivity contribution in [3.8, 4) is 5.75 Å². The van der Waals surface area contributed by atoms with Gasteiger partial charge in [-0.15, -0.1) is 0 Å². The zero-order chi connectivity index (χ0) is 15.9. The summed E-state index contributed by atoms with van der Waals surface area (Å²) in [7, 11) is -2.07. The Labute approximate surface area is 127 Å². The first-order chi connectivity index (χ1) is 9.94. The van der Waals surface area contributed by atoms with Crippen molar-refractivity contribution in [1.82, 2.24) is 9.62 Å². The Morgan fingerprint density at radius 1 is 1.29 bits per heavy atom. The first-order valence-corrected chi connectivity index (χ1v) is 8.58. The number of nitrogens with zero attached hydrogens (tertiary/aromatic N) is 1. The highest BCUT2D eigenvalue weighted by Crippen LogP contribution is 2.23. The number of hydrogen-bond donors (Lipinski definition) is 2. The van der Waals surface area contributed by atoms with Crippen LogP contribution in [-0.4, -0.2) is 46.6 Å². The van der Waals surface area contributed by atoms with E-state index in [1.165, 1.54) is 19.2 Å². The van der Waals surface area contributed by atoms with Crippen LogP contribution in [0.15, 0.2) is 23.1 Å². The van der Waals surface area contributed by atoms with Crippen LogP contribution in [0.1, 0.15) is 20.3 Å². The molecule has 7 heteroatoms. The lowest BCUT2D eigenvalue weighted by Crippen LogP contribution is -2.30. The van der Waals surface area contributed by atoms with Gasteiger partial charge in [-0.3, -0.25) is 0 Å². The molecular weight excluding hydrogens is 290 g/mol. The number of ether oxygens (including phenoxy) is 1. The second-order valence-corrected chi connectivity index (χ2v) is 6.42. The van der Waals surface area contributed by atoms with E-state index in [9.17, 15) is 8.42 Å². The standard InChI is InChI=1S/C14H25N3O3S/c1-4-17(5-2)10-6-9-16-21(18,19)14-8-7-12(20-3)11-13(14)15/h7-8,11,16H,4-6,9-10,15H2,1-3H3. The summed E-state index contributed by atoms with van der Waals surface area (Å²) in [5.74, 6) is 0.535. The van der Waals surface area contributed by atoms with Gasteiger partial charge >= 0.3 is 0 Å². The largest absolute Gasteiger partial charge is 0.497 e. The highest BCUT2D eigenvalue weighted by Gasteiger charge is 2.17. The van der Waals surface area contributed by atoms with Crippen molar-refractivity contribution in [3.05, 3.63) is 18.2 Å². The van der Waals surface area contributed by atoms with E-state index in [2.05, 4.69) is 23.5 Å². The number of nitrogens with two attached hydrogens (primary N) is 1. The van der Waals surface area contributed by atoms with Crippen molar-refractivity contribution in [2.75, 3.05) is 39.0 Å². The number of hydrogen-bond acceptors (Lipinski definition) is 5. The molecular formula is C14H25N3O3S. The molecule has 0 atom stereocenters. The van der Waals surface area contributed by atoms with E-state index >= 15 is 0 Å². The van der Waals surface area contributed by atoms with Gasteiger partial charge in [-0.05, 0) is 38.2 Å². The topological polar surface area (TPSA) is 84.7 Å². The van der Waals surface area contributed by atoms with Crippen LogP contribution in [-0.2, 0) is 10.0 Å². The van der Waals surface area contributed by atoms with E-state index < -0.39 is 10.0 Å². The Kier molecular flexibility index (Phi) is 6.94. The van der Waals surface area contributed by atoms with Gasteiger partial charge in [0.25, 0.3) is 0 Å². The fourth-order valence-electron chi connectivity index (χ4n) is 2.03. The van der Waals surface area contributed by atoms with Crippen molar-refractivity contribution in [3.63, 3.8) is 0 Å². The van der Waals surface area contributed by atoms with Crippen molar-refractivity contribution in [2.24, 2.45) is 0 Å². The van der Waals surface area contributed by atoms with Gasteiger partial charge in [0.1, 0.15) is 10.6 Å². The van der Waals surface area contributed by atoms with Crippen molar-refractivity contribution >= 4 is 15.7 Å². The molecule has 0 aliphatic heterocycles. The normalized spacial score (nSPS) is 11.8. The van der Waals surface area contributed by atoms with Gasteiger partial charge in [0.05, 0.1) is 12.8 Å². The number of rotatable bonds is 9. The van der Waals surface area contributed by atoms with Crippen LogP contribution in [0.3, 0.4) is 0 Å². The summed E-state index contributed by atoms with van der Waals surface area (Å²) in [6.07, 6.45) is 0.761. The molecule has 0 heterocycles. The maximum absolute atomic E-state index is 12.2. The van der Waals surface area contributed by atoms with Crippen LogP contribution in [0.4, 0.5) is 5.69 Å². The zero-order valence-electron chi connectivity index (χ0n) is 12.9. The Balaban J connectivity index is 2.61. The van der Waals surface area contributed by atoms with Gasteiger partial charge < -0.3 is 15.4 Å². The van der Waals surface area contributed by atoms with E-state index in [4.69, 9.17) is 10.5 Å². The van der Waals surface area contributed by atoms with Gasteiger partial charge in [0.15, 0.2) is 0 Å². The van der Waals surface area contributed by atoms with Gasteiger partial charge in [-0.1, -0.05) is 13.8 Å². The lowest BCUT2D eigenvalue weighted by molar-refractivity contribution is 0.300. The molecule has 0 saturated heterocycles. The smallest absolute Gasteiger partial charge is 0.242 e. The Hall–Kier alpha value is -1.31. The van der Waals surface area contributed by atoms with E-state index in [0.29, 0.717) is 12.3 Å². The minimum absolute atomic E-state index is 0.0890. The van der Waals surface area contributed by atoms with Crippen molar-refractivity contribution in [1.29, 1.82) is 0 Å². The van der Waals surface area contributed by atoms with Gasteiger partial charge in [-0.2, -0.15) is 0 Å². The monoisotopic (exact) mass is 315 g/mol. The predicted octanol–water partition coefficient (Wildman–Crippen LogP) is 1.29. The lowest BCUT2D eigenvalue weighted by atomic mass is 10.3. The molecule has 6 nitrogen and oxygen atoms in total. The van der Waals surface area contributed by atoms with Crippen molar-refractivity contribution < 1.29 is 13.2 Å². The average molecular weight is 315 g/mol. The van der Waals surface area contributed by atoms with Crippen LogP contribution in [0.5, 0.6) is 5.75 Å². The molecule has 0 bridgehead atoms. The van der Waals surface area contributed by atoms with Crippen LogP contribution in [0.2, 0.25) is 0 Å². The molecule has 0 fully saturated rings. The molecule has 0 aromatic heterocycles. The summed E-state index contributed by atoms with van der Waals surface area (Å²) < 4.78 is 32.0. The number of methoxy groups -OCH3 is 1. The molecule has 0 aliphatic carbocycles. The minimum Gasteiger partial charge on any atom is -0.497 e. The Morgan fingerprint density at radius 3 is 2.48 bits per heavy atom. The highest BCUT2D eigenvalue weighted by atomic mass is 32.2. The second kappa shape index (κ2) is 8.21. The molecule has 0 radical (unpaired) electrons. The summed E-state index contributed by atoms with van der Waals surface area (Å²) in [5.41, 5.74) is 5.96. The lowest BCUT2D eigenvalue weighted by Gasteiger charge is -2.17. The molecule has 1 aromatic carbocycles. The third kappa shape index (κ3) is 5.18. The molecule has 0 aliphatic rings. The molecule has 0 saturated carbocycles. The third-order valence-corrected chi connectivity index (χ3v) is 4.88. The van der Waals surface area contributed by atoms with Crippen LogP contribution < -0.4 is 15.2 Å². The number of nitrogens with one attached hydrogen (secondary N) is 1. The maximum Gasteiger partial charge on any atom is 0.242 e. The number of anilines is 1. The Bertz CT molecular complexity index is 542. The van der Waals surface area contributed by atoms with E-state index in [0.717, 1.165) is 26.1 Å². The quantitative estimate of drug-likeness (QED) is 0.530. The fourth-order valence-corrected chi connectivity index (χ4v) is 3.21. The summed E-state index contributed by atoms with van der Waals surface area (Å²) in [6.45, 7) is 7.37. The minimum atomic E-state index is -3.58. The third-order valence-electron chi connectivity index (χ3n) is 3.34. The predicted molar refractivity (Wildman–Crippen MR) is 85.0 cm³/mol. The summed E-state index contributed by atoms with van der Waals surface area (Å²) in [5, 5.41) is 0. The summed E-state index contributed by atoms with van der Waals surface area (Å²) in [6, 6.07) is 4.55. The molecule has 1 aromatic rings. The zero-order valence-corrected chi connectivity index (χ0v) is 13.7. The number of sulfonamides is 1. The van der Waals surface area contributed by atoms with Crippen LogP contribution >= 0.6 is 0 Å². The molecule has 120 valence electrons. The van der Waals surface area contributed by atoms with Gasteiger partial charge in [-0.25, -0.2) is 13.1 Å². The van der Waals surface area contributed by atoms with E-state index in [1.807, 2.05) is 0 Å². The van der Waals surface area contributed by atoms with E-state index in [1.54, 1.807) is 6.07 Å². The SMILES string of the molecule is CCN(CC)CCCNS(=O)(=O)c1ccc(OC)cc1N. The molecule has 1 rings (SSSR count). The summed E-state index contributed by atoms with van der Waals surface area (Å²) in [4.78, 5) is 2.34. The molecule has 0 spiro atoms. The maximum atomic E-state index is 12.2. The van der Waals surface area contributed by atoms with Crippen molar-refractivity contribution in [2.45, 2.75) is 25.2 Å². The second-order valence-electron chi connectivity index (χ2n) is 4.68. The molecule has 0 unspecified atom stereocenters. The first kappa shape index (κ1) is 17.7. The van der Waals surface area contributed by atoms with Crippen LogP contribution in [0, 0.1) is 0 Å². The van der Waals surface area contributed by atoms with E-state index in [-0.39, 0.29) is 10.6 Å².